The molecule has 25 heavy (non-hydrogen) atoms. The second kappa shape index (κ2) is 6.27. The topological polar surface area (TPSA) is 67.5 Å². The van der Waals surface area contributed by atoms with E-state index in [2.05, 4.69) is 37.5 Å². The monoisotopic (exact) mass is 334 g/mol. The maximum atomic E-state index is 4.57. The van der Waals surface area contributed by atoms with Gasteiger partial charge in [-0.05, 0) is 57.7 Å². The number of aliphatic imine (C=N–C) groups is 1. The van der Waals surface area contributed by atoms with Crippen molar-refractivity contribution in [1.82, 2.24) is 19.6 Å². The lowest BCUT2D eigenvalue weighted by atomic mass is 9.93. The molecule has 3 aromatic rings. The standard InChI is InChI=1S/C19H22N6/c1-12(2)22-18-13(3)9-14(10-20-18)16-7-8-25-17(16)11-21-19(24-25)23-15-5-4-6-15/h7-11,15H,4-6H2,1-3H3,(H,23,24). The van der Waals surface area contributed by atoms with Gasteiger partial charge in [0.25, 0.3) is 0 Å². The van der Waals surface area contributed by atoms with Gasteiger partial charge in [-0.2, -0.15) is 0 Å². The molecule has 1 aliphatic rings. The predicted molar refractivity (Wildman–Crippen MR) is 101 cm³/mol. The maximum Gasteiger partial charge on any atom is 0.241 e. The van der Waals surface area contributed by atoms with E-state index in [0.29, 0.717) is 12.0 Å². The number of anilines is 1. The van der Waals surface area contributed by atoms with Gasteiger partial charge < -0.3 is 5.32 Å². The molecule has 0 amide bonds. The van der Waals surface area contributed by atoms with E-state index < -0.39 is 0 Å². The molecule has 3 heterocycles. The fraction of sp³-hybridized carbons (Fsp3) is 0.368. The largest absolute Gasteiger partial charge is 0.350 e. The molecule has 0 atom stereocenters. The molecule has 1 N–H and O–H groups in total. The summed E-state index contributed by atoms with van der Waals surface area (Å²) in [6.07, 6.45) is 9.41. The number of nitrogens with zero attached hydrogens (tertiary/aromatic N) is 5. The molecular formula is C19H22N6. The quantitative estimate of drug-likeness (QED) is 0.727. The molecule has 1 fully saturated rings. The fourth-order valence-electron chi connectivity index (χ4n) is 2.99. The lowest BCUT2D eigenvalue weighted by Gasteiger charge is -2.26. The van der Waals surface area contributed by atoms with Crippen LogP contribution in [0.3, 0.4) is 0 Å². The molecule has 6 heteroatoms. The highest BCUT2D eigenvalue weighted by Crippen LogP contribution is 2.28. The van der Waals surface area contributed by atoms with Crippen LogP contribution in [-0.4, -0.2) is 31.3 Å². The third-order valence-corrected chi connectivity index (χ3v) is 4.55. The Morgan fingerprint density at radius 2 is 2.08 bits per heavy atom. The Hall–Kier alpha value is -2.76. The molecule has 1 aliphatic carbocycles. The second-order valence-corrected chi connectivity index (χ2v) is 6.84. The smallest absolute Gasteiger partial charge is 0.241 e. The average molecular weight is 334 g/mol. The summed E-state index contributed by atoms with van der Waals surface area (Å²) in [5.41, 5.74) is 5.16. The third kappa shape index (κ3) is 3.12. The molecule has 128 valence electrons. The Labute approximate surface area is 147 Å². The predicted octanol–water partition coefficient (Wildman–Crippen LogP) is 4.18. The summed E-state index contributed by atoms with van der Waals surface area (Å²) in [5.74, 6) is 1.47. The Morgan fingerprint density at radius 1 is 1.24 bits per heavy atom. The van der Waals surface area contributed by atoms with E-state index >= 15 is 0 Å². The number of aromatic nitrogens is 4. The average Bonchev–Trinajstić information content (AvgIpc) is 2.96. The van der Waals surface area contributed by atoms with E-state index in [-0.39, 0.29) is 0 Å². The lowest BCUT2D eigenvalue weighted by Crippen LogP contribution is -2.28. The van der Waals surface area contributed by atoms with Gasteiger partial charge in [0.15, 0.2) is 5.82 Å². The van der Waals surface area contributed by atoms with Crippen molar-refractivity contribution in [2.24, 2.45) is 4.99 Å². The third-order valence-electron chi connectivity index (χ3n) is 4.55. The summed E-state index contributed by atoms with van der Waals surface area (Å²) in [6, 6.07) is 4.70. The van der Waals surface area contributed by atoms with Gasteiger partial charge in [-0.25, -0.2) is 19.5 Å². The number of hydrogen-bond donors (Lipinski definition) is 1. The van der Waals surface area contributed by atoms with Crippen molar-refractivity contribution in [2.45, 2.75) is 46.1 Å². The molecule has 4 rings (SSSR count). The summed E-state index contributed by atoms with van der Waals surface area (Å²) < 4.78 is 1.88. The normalized spacial score (nSPS) is 14.4. The summed E-state index contributed by atoms with van der Waals surface area (Å²) in [4.78, 5) is 13.5. The van der Waals surface area contributed by atoms with Gasteiger partial charge in [0, 0.05) is 35.3 Å². The zero-order valence-electron chi connectivity index (χ0n) is 14.8. The van der Waals surface area contributed by atoms with E-state index in [1.807, 2.05) is 43.9 Å². The minimum atomic E-state index is 0.523. The van der Waals surface area contributed by atoms with Crippen molar-refractivity contribution in [1.29, 1.82) is 0 Å². The molecule has 0 radical (unpaired) electrons. The number of aryl methyl sites for hydroxylation is 1. The van der Waals surface area contributed by atoms with Crippen LogP contribution in [-0.2, 0) is 0 Å². The molecule has 0 aromatic carbocycles. The van der Waals surface area contributed by atoms with Crippen molar-refractivity contribution in [3.8, 4) is 11.1 Å². The van der Waals surface area contributed by atoms with E-state index in [4.69, 9.17) is 0 Å². The van der Waals surface area contributed by atoms with Crippen molar-refractivity contribution < 1.29 is 0 Å². The molecule has 6 nitrogen and oxygen atoms in total. The minimum absolute atomic E-state index is 0.523. The van der Waals surface area contributed by atoms with Crippen molar-refractivity contribution >= 4 is 23.0 Å². The first-order valence-electron chi connectivity index (χ1n) is 8.70. The van der Waals surface area contributed by atoms with Gasteiger partial charge >= 0.3 is 0 Å². The SMILES string of the molecule is CC(C)=Nc1ncc(-c2ccn3nc(NC4CCC4)ncc23)cc1C. The summed E-state index contributed by atoms with van der Waals surface area (Å²) in [6.45, 7) is 5.99. The van der Waals surface area contributed by atoms with Crippen LogP contribution in [0, 0.1) is 6.92 Å². The zero-order chi connectivity index (χ0) is 17.4. The summed E-state index contributed by atoms with van der Waals surface area (Å²) in [5, 5.41) is 7.96. The molecule has 0 spiro atoms. The zero-order valence-corrected chi connectivity index (χ0v) is 14.8. The maximum absolute atomic E-state index is 4.57. The van der Waals surface area contributed by atoms with Crippen LogP contribution >= 0.6 is 0 Å². The van der Waals surface area contributed by atoms with E-state index in [0.717, 1.165) is 33.7 Å². The van der Waals surface area contributed by atoms with E-state index in [1.54, 1.807) is 0 Å². The molecule has 0 saturated heterocycles. The van der Waals surface area contributed by atoms with Gasteiger partial charge in [-0.15, -0.1) is 5.10 Å². The van der Waals surface area contributed by atoms with E-state index in [1.165, 1.54) is 19.3 Å². The Morgan fingerprint density at radius 3 is 2.76 bits per heavy atom. The Bertz CT molecular complexity index is 948. The molecular weight excluding hydrogens is 312 g/mol. The van der Waals surface area contributed by atoms with Gasteiger partial charge in [-0.3, -0.25) is 0 Å². The Balaban J connectivity index is 1.67. The summed E-state index contributed by atoms with van der Waals surface area (Å²) in [7, 11) is 0. The lowest BCUT2D eigenvalue weighted by molar-refractivity contribution is 0.442. The first-order chi connectivity index (χ1) is 12.1. The Kier molecular flexibility index (Phi) is 3.95. The number of pyridine rings is 1. The number of fused-ring (bicyclic) bond motifs is 1. The van der Waals surface area contributed by atoms with Crippen molar-refractivity contribution in [3.05, 3.63) is 36.3 Å². The van der Waals surface area contributed by atoms with Crippen LogP contribution in [0.5, 0.6) is 0 Å². The van der Waals surface area contributed by atoms with Crippen LogP contribution in [0.25, 0.3) is 16.6 Å². The van der Waals surface area contributed by atoms with Crippen LogP contribution in [0.1, 0.15) is 38.7 Å². The first-order valence-corrected chi connectivity index (χ1v) is 8.70. The highest BCUT2D eigenvalue weighted by Gasteiger charge is 2.18. The molecule has 1 saturated carbocycles. The van der Waals surface area contributed by atoms with Gasteiger partial charge in [0.2, 0.25) is 5.95 Å². The fourth-order valence-corrected chi connectivity index (χ4v) is 2.99. The molecule has 0 aliphatic heterocycles. The molecule has 0 bridgehead atoms. The highest BCUT2D eigenvalue weighted by atomic mass is 15.3. The highest BCUT2D eigenvalue weighted by molar-refractivity contribution is 5.83. The first kappa shape index (κ1) is 15.7. The second-order valence-electron chi connectivity index (χ2n) is 6.84. The molecule has 3 aromatic heterocycles. The van der Waals surface area contributed by atoms with E-state index in [9.17, 15) is 0 Å². The van der Waals surface area contributed by atoms with Crippen molar-refractivity contribution in [2.75, 3.05) is 5.32 Å². The van der Waals surface area contributed by atoms with Gasteiger partial charge in [0.05, 0.1) is 11.7 Å². The minimum Gasteiger partial charge on any atom is -0.350 e. The van der Waals surface area contributed by atoms with Gasteiger partial charge in [-0.1, -0.05) is 0 Å². The van der Waals surface area contributed by atoms with Crippen LogP contribution < -0.4 is 5.32 Å². The van der Waals surface area contributed by atoms with Crippen molar-refractivity contribution in [3.63, 3.8) is 0 Å². The van der Waals surface area contributed by atoms with Crippen LogP contribution in [0.4, 0.5) is 11.8 Å². The van der Waals surface area contributed by atoms with Gasteiger partial charge in [0.1, 0.15) is 0 Å². The van der Waals surface area contributed by atoms with Crippen LogP contribution in [0.2, 0.25) is 0 Å². The van der Waals surface area contributed by atoms with Crippen LogP contribution in [0.15, 0.2) is 35.7 Å². The number of nitrogens with one attached hydrogen (secondary N) is 1. The number of rotatable bonds is 4. The summed E-state index contributed by atoms with van der Waals surface area (Å²) >= 11 is 0. The number of hydrogen-bond acceptors (Lipinski definition) is 5. The molecule has 0 unspecified atom stereocenters.